The SMILES string of the molecule is O=C(CCCOc1ccc(Br)cc1)Nc1nccs1. The number of rotatable bonds is 6. The molecular formula is C13H13BrN2O2S. The van der Waals surface area contributed by atoms with Crippen LogP contribution in [0.4, 0.5) is 5.13 Å². The maximum absolute atomic E-state index is 11.6. The van der Waals surface area contributed by atoms with Gasteiger partial charge in [0.05, 0.1) is 6.61 Å². The smallest absolute Gasteiger partial charge is 0.226 e. The van der Waals surface area contributed by atoms with Crippen LogP contribution in [0.2, 0.25) is 0 Å². The Morgan fingerprint density at radius 3 is 2.84 bits per heavy atom. The number of hydrogen-bond donors (Lipinski definition) is 1. The Hall–Kier alpha value is -1.40. The zero-order valence-electron chi connectivity index (χ0n) is 10.1. The van der Waals surface area contributed by atoms with E-state index in [1.165, 1.54) is 11.3 Å². The highest BCUT2D eigenvalue weighted by molar-refractivity contribution is 9.10. The summed E-state index contributed by atoms with van der Waals surface area (Å²) >= 11 is 4.77. The van der Waals surface area contributed by atoms with Crippen molar-refractivity contribution in [1.82, 2.24) is 4.98 Å². The molecule has 0 aliphatic rings. The molecule has 0 unspecified atom stereocenters. The number of carbonyl (C=O) groups is 1. The number of anilines is 1. The van der Waals surface area contributed by atoms with Crippen molar-refractivity contribution in [2.75, 3.05) is 11.9 Å². The van der Waals surface area contributed by atoms with Gasteiger partial charge in [-0.1, -0.05) is 15.9 Å². The minimum atomic E-state index is -0.0330. The Bertz CT molecular complexity index is 514. The average molecular weight is 341 g/mol. The molecule has 1 aromatic carbocycles. The standard InChI is InChI=1S/C13H13BrN2O2S/c14-10-3-5-11(6-4-10)18-8-1-2-12(17)16-13-15-7-9-19-13/h3-7,9H,1-2,8H2,(H,15,16,17). The number of carbonyl (C=O) groups excluding carboxylic acids is 1. The van der Waals surface area contributed by atoms with Crippen molar-refractivity contribution in [3.05, 3.63) is 40.3 Å². The van der Waals surface area contributed by atoms with Gasteiger partial charge in [0.15, 0.2) is 5.13 Å². The first-order valence-corrected chi connectivity index (χ1v) is 7.49. The molecular weight excluding hydrogens is 328 g/mol. The molecule has 100 valence electrons. The highest BCUT2D eigenvalue weighted by atomic mass is 79.9. The fraction of sp³-hybridized carbons (Fsp3) is 0.231. The monoisotopic (exact) mass is 340 g/mol. The molecule has 0 aliphatic heterocycles. The summed E-state index contributed by atoms with van der Waals surface area (Å²) in [5.41, 5.74) is 0. The molecule has 1 amide bonds. The van der Waals surface area contributed by atoms with Gasteiger partial charge in [-0.2, -0.15) is 0 Å². The molecule has 0 fully saturated rings. The number of hydrogen-bond acceptors (Lipinski definition) is 4. The predicted octanol–water partition coefficient (Wildman–Crippen LogP) is 3.70. The number of ether oxygens (including phenoxy) is 1. The number of nitrogens with one attached hydrogen (secondary N) is 1. The number of nitrogens with zero attached hydrogens (tertiary/aromatic N) is 1. The lowest BCUT2D eigenvalue weighted by molar-refractivity contribution is -0.116. The van der Waals surface area contributed by atoms with Crippen molar-refractivity contribution >= 4 is 38.3 Å². The van der Waals surface area contributed by atoms with Crippen LogP contribution < -0.4 is 10.1 Å². The molecule has 1 heterocycles. The first kappa shape index (κ1) is 14.0. The summed E-state index contributed by atoms with van der Waals surface area (Å²) in [6, 6.07) is 7.62. The Balaban J connectivity index is 1.64. The summed E-state index contributed by atoms with van der Waals surface area (Å²) in [6.45, 7) is 0.521. The molecule has 2 aromatic rings. The van der Waals surface area contributed by atoms with Gasteiger partial charge in [0.25, 0.3) is 0 Å². The van der Waals surface area contributed by atoms with Crippen LogP contribution in [0.1, 0.15) is 12.8 Å². The zero-order chi connectivity index (χ0) is 13.5. The number of amides is 1. The maximum atomic E-state index is 11.6. The highest BCUT2D eigenvalue weighted by Crippen LogP contribution is 2.16. The summed E-state index contributed by atoms with van der Waals surface area (Å²) in [7, 11) is 0. The maximum Gasteiger partial charge on any atom is 0.226 e. The quantitative estimate of drug-likeness (QED) is 0.815. The van der Waals surface area contributed by atoms with Gasteiger partial charge in [0.2, 0.25) is 5.91 Å². The van der Waals surface area contributed by atoms with Crippen molar-refractivity contribution in [2.24, 2.45) is 0 Å². The first-order valence-electron chi connectivity index (χ1n) is 5.82. The van der Waals surface area contributed by atoms with Gasteiger partial charge in [-0.05, 0) is 30.7 Å². The molecule has 6 heteroatoms. The first-order chi connectivity index (χ1) is 9.24. The molecule has 0 radical (unpaired) electrons. The summed E-state index contributed by atoms with van der Waals surface area (Å²) in [6.07, 6.45) is 2.76. The number of halogens is 1. The summed E-state index contributed by atoms with van der Waals surface area (Å²) in [5, 5.41) is 5.20. The third-order valence-electron chi connectivity index (χ3n) is 2.31. The van der Waals surface area contributed by atoms with E-state index in [0.29, 0.717) is 24.6 Å². The van der Waals surface area contributed by atoms with Gasteiger partial charge >= 0.3 is 0 Å². The van der Waals surface area contributed by atoms with Crippen LogP contribution >= 0.6 is 27.3 Å². The third kappa shape index (κ3) is 5.00. The lowest BCUT2D eigenvalue weighted by Crippen LogP contribution is -2.12. The van der Waals surface area contributed by atoms with Gasteiger partial charge in [0.1, 0.15) is 5.75 Å². The molecule has 0 atom stereocenters. The molecule has 1 N–H and O–H groups in total. The Kier molecular flexibility index (Phi) is 5.35. The largest absolute Gasteiger partial charge is 0.494 e. The predicted molar refractivity (Wildman–Crippen MR) is 79.6 cm³/mol. The van der Waals surface area contributed by atoms with Crippen LogP contribution in [-0.2, 0) is 4.79 Å². The highest BCUT2D eigenvalue weighted by Gasteiger charge is 2.03. The topological polar surface area (TPSA) is 51.2 Å². The van der Waals surface area contributed by atoms with Gasteiger partial charge < -0.3 is 10.1 Å². The van der Waals surface area contributed by atoms with E-state index in [1.807, 2.05) is 29.6 Å². The summed E-state index contributed by atoms with van der Waals surface area (Å²) in [4.78, 5) is 15.6. The van der Waals surface area contributed by atoms with Crippen LogP contribution in [0.25, 0.3) is 0 Å². The molecule has 0 saturated heterocycles. The van der Waals surface area contributed by atoms with Crippen molar-refractivity contribution in [3.63, 3.8) is 0 Å². The Morgan fingerprint density at radius 1 is 1.37 bits per heavy atom. The van der Waals surface area contributed by atoms with Crippen LogP contribution in [0.15, 0.2) is 40.3 Å². The number of thiazole rings is 1. The Labute approximate surface area is 124 Å². The van der Waals surface area contributed by atoms with Crippen molar-refractivity contribution < 1.29 is 9.53 Å². The van der Waals surface area contributed by atoms with E-state index in [-0.39, 0.29) is 5.91 Å². The second-order valence-corrected chi connectivity index (χ2v) is 5.60. The molecule has 1 aromatic heterocycles. The fourth-order valence-corrected chi connectivity index (χ4v) is 2.23. The molecule has 19 heavy (non-hydrogen) atoms. The molecule has 0 saturated carbocycles. The zero-order valence-corrected chi connectivity index (χ0v) is 12.5. The van der Waals surface area contributed by atoms with E-state index >= 15 is 0 Å². The van der Waals surface area contributed by atoms with Gasteiger partial charge in [-0.25, -0.2) is 4.98 Å². The normalized spacial score (nSPS) is 10.2. The van der Waals surface area contributed by atoms with Crippen LogP contribution in [0.5, 0.6) is 5.75 Å². The lowest BCUT2D eigenvalue weighted by Gasteiger charge is -2.06. The lowest BCUT2D eigenvalue weighted by atomic mass is 10.3. The molecule has 4 nitrogen and oxygen atoms in total. The van der Waals surface area contributed by atoms with E-state index in [9.17, 15) is 4.79 Å². The minimum Gasteiger partial charge on any atom is -0.494 e. The minimum absolute atomic E-state index is 0.0330. The molecule has 0 bridgehead atoms. The summed E-state index contributed by atoms with van der Waals surface area (Å²) < 4.78 is 6.55. The van der Waals surface area contributed by atoms with E-state index < -0.39 is 0 Å². The molecule has 2 rings (SSSR count). The number of aromatic nitrogens is 1. The van der Waals surface area contributed by atoms with Crippen molar-refractivity contribution in [3.8, 4) is 5.75 Å². The van der Waals surface area contributed by atoms with E-state index in [4.69, 9.17) is 4.74 Å². The average Bonchev–Trinajstić information content (AvgIpc) is 2.89. The number of benzene rings is 1. The van der Waals surface area contributed by atoms with Gasteiger partial charge in [-0.15, -0.1) is 11.3 Å². The van der Waals surface area contributed by atoms with Crippen LogP contribution in [-0.4, -0.2) is 17.5 Å². The van der Waals surface area contributed by atoms with Gasteiger partial charge in [0, 0.05) is 22.5 Å². The molecule has 0 spiro atoms. The third-order valence-corrected chi connectivity index (χ3v) is 3.53. The van der Waals surface area contributed by atoms with E-state index in [0.717, 1.165) is 10.2 Å². The van der Waals surface area contributed by atoms with Crippen LogP contribution in [0, 0.1) is 0 Å². The Morgan fingerprint density at radius 2 is 2.16 bits per heavy atom. The van der Waals surface area contributed by atoms with E-state index in [2.05, 4.69) is 26.2 Å². The van der Waals surface area contributed by atoms with E-state index in [1.54, 1.807) is 6.20 Å². The second-order valence-electron chi connectivity index (χ2n) is 3.79. The molecule has 0 aliphatic carbocycles. The fourth-order valence-electron chi connectivity index (χ4n) is 1.42. The van der Waals surface area contributed by atoms with Gasteiger partial charge in [-0.3, -0.25) is 4.79 Å². The second kappa shape index (κ2) is 7.25. The van der Waals surface area contributed by atoms with Crippen LogP contribution in [0.3, 0.4) is 0 Å². The van der Waals surface area contributed by atoms with Crippen molar-refractivity contribution in [1.29, 1.82) is 0 Å². The summed E-state index contributed by atoms with van der Waals surface area (Å²) in [5.74, 6) is 0.776. The van der Waals surface area contributed by atoms with Crippen molar-refractivity contribution in [2.45, 2.75) is 12.8 Å².